The van der Waals surface area contributed by atoms with E-state index in [2.05, 4.69) is 4.72 Å². The Morgan fingerprint density at radius 1 is 1.16 bits per heavy atom. The van der Waals surface area contributed by atoms with Crippen LogP contribution in [0.1, 0.15) is 5.56 Å². The van der Waals surface area contributed by atoms with Crippen LogP contribution in [0, 0.1) is 0 Å². The Morgan fingerprint density at radius 3 is 2.21 bits per heavy atom. The van der Waals surface area contributed by atoms with Gasteiger partial charge in [0.1, 0.15) is 0 Å². The van der Waals surface area contributed by atoms with Gasteiger partial charge in [-0.1, -0.05) is 12.2 Å². The van der Waals surface area contributed by atoms with Gasteiger partial charge >= 0.3 is 6.18 Å². The van der Waals surface area contributed by atoms with Crippen molar-refractivity contribution in [2.24, 2.45) is 5.73 Å². The lowest BCUT2D eigenvalue weighted by atomic mass is 10.2. The number of benzene rings is 1. The zero-order chi connectivity index (χ0) is 14.5. The van der Waals surface area contributed by atoms with Gasteiger partial charge in [0, 0.05) is 13.1 Å². The summed E-state index contributed by atoms with van der Waals surface area (Å²) in [7, 11) is -3.81. The Labute approximate surface area is 109 Å². The average Bonchev–Trinajstić information content (AvgIpc) is 2.34. The Kier molecular flexibility index (Phi) is 5.10. The van der Waals surface area contributed by atoms with E-state index in [1.807, 2.05) is 0 Å². The largest absolute Gasteiger partial charge is 0.416 e. The Hall–Kier alpha value is -1.38. The first kappa shape index (κ1) is 15.7. The molecule has 0 aromatic heterocycles. The molecule has 1 aromatic carbocycles. The first-order valence-corrected chi connectivity index (χ1v) is 6.77. The number of halogens is 3. The molecule has 4 nitrogen and oxygen atoms in total. The minimum atomic E-state index is -4.49. The molecule has 106 valence electrons. The summed E-state index contributed by atoms with van der Waals surface area (Å²) >= 11 is 0. The summed E-state index contributed by atoms with van der Waals surface area (Å²) in [5.41, 5.74) is 4.28. The van der Waals surface area contributed by atoms with Gasteiger partial charge in [-0.2, -0.15) is 13.2 Å². The van der Waals surface area contributed by atoms with Crippen LogP contribution >= 0.6 is 0 Å². The Balaban J connectivity index is 2.82. The van der Waals surface area contributed by atoms with E-state index in [0.29, 0.717) is 0 Å². The van der Waals surface area contributed by atoms with Gasteiger partial charge in [0.25, 0.3) is 0 Å². The molecule has 0 atom stereocenters. The molecule has 8 heteroatoms. The molecule has 3 N–H and O–H groups in total. The molecular weight excluding hydrogens is 281 g/mol. The van der Waals surface area contributed by atoms with Crippen molar-refractivity contribution < 1.29 is 21.6 Å². The molecule has 0 spiro atoms. The van der Waals surface area contributed by atoms with E-state index in [1.54, 1.807) is 6.08 Å². The molecule has 0 saturated carbocycles. The summed E-state index contributed by atoms with van der Waals surface area (Å²) in [5, 5.41) is 0. The van der Waals surface area contributed by atoms with E-state index in [-0.39, 0.29) is 18.0 Å². The standard InChI is InChI=1S/C11H13F3N2O2S/c12-11(13,14)9-3-5-10(6-4-9)19(17,18)16-8-2-1-7-15/h1-6,16H,7-8,15H2/b2-1+. The van der Waals surface area contributed by atoms with Crippen molar-refractivity contribution >= 4 is 10.0 Å². The van der Waals surface area contributed by atoms with Crippen LogP contribution < -0.4 is 10.5 Å². The smallest absolute Gasteiger partial charge is 0.327 e. The van der Waals surface area contributed by atoms with Crippen LogP contribution in [0.3, 0.4) is 0 Å². The highest BCUT2D eigenvalue weighted by Gasteiger charge is 2.30. The summed E-state index contributed by atoms with van der Waals surface area (Å²) < 4.78 is 62.6. The molecule has 0 aliphatic carbocycles. The van der Waals surface area contributed by atoms with Crippen LogP contribution in [-0.2, 0) is 16.2 Å². The quantitative estimate of drug-likeness (QED) is 0.808. The van der Waals surface area contributed by atoms with Gasteiger partial charge in [-0.05, 0) is 24.3 Å². The average molecular weight is 294 g/mol. The summed E-state index contributed by atoms with van der Waals surface area (Å²) in [6, 6.07) is 3.28. The van der Waals surface area contributed by atoms with E-state index in [0.717, 1.165) is 24.3 Å². The monoisotopic (exact) mass is 294 g/mol. The highest BCUT2D eigenvalue weighted by atomic mass is 32.2. The number of hydrogen-bond acceptors (Lipinski definition) is 3. The molecule has 1 rings (SSSR count). The van der Waals surface area contributed by atoms with Crippen molar-refractivity contribution in [1.29, 1.82) is 0 Å². The van der Waals surface area contributed by atoms with Crippen LogP contribution in [0.15, 0.2) is 41.3 Å². The van der Waals surface area contributed by atoms with E-state index in [1.165, 1.54) is 6.08 Å². The van der Waals surface area contributed by atoms with Crippen LogP contribution in [0.4, 0.5) is 13.2 Å². The molecule has 0 bridgehead atoms. The number of nitrogens with one attached hydrogen (secondary N) is 1. The molecule has 0 saturated heterocycles. The Bertz CT molecular complexity index is 536. The summed E-state index contributed by atoms with van der Waals surface area (Å²) in [4.78, 5) is -0.221. The van der Waals surface area contributed by atoms with E-state index in [4.69, 9.17) is 5.73 Å². The fourth-order valence-corrected chi connectivity index (χ4v) is 2.22. The van der Waals surface area contributed by atoms with Crippen LogP contribution in [0.2, 0.25) is 0 Å². The third kappa shape index (κ3) is 4.66. The molecule has 0 aliphatic heterocycles. The van der Waals surface area contributed by atoms with E-state index >= 15 is 0 Å². The third-order valence-electron chi connectivity index (χ3n) is 2.19. The lowest BCUT2D eigenvalue weighted by Crippen LogP contribution is -2.24. The van der Waals surface area contributed by atoms with Crippen molar-refractivity contribution in [2.75, 3.05) is 13.1 Å². The van der Waals surface area contributed by atoms with Gasteiger partial charge in [-0.15, -0.1) is 0 Å². The third-order valence-corrected chi connectivity index (χ3v) is 3.63. The molecule has 0 amide bonds. The highest BCUT2D eigenvalue weighted by Crippen LogP contribution is 2.29. The lowest BCUT2D eigenvalue weighted by molar-refractivity contribution is -0.137. The maximum Gasteiger partial charge on any atom is 0.416 e. The maximum absolute atomic E-state index is 12.3. The van der Waals surface area contributed by atoms with Gasteiger partial charge in [-0.25, -0.2) is 13.1 Å². The van der Waals surface area contributed by atoms with Crippen molar-refractivity contribution in [3.63, 3.8) is 0 Å². The summed E-state index contributed by atoms with van der Waals surface area (Å²) in [6.45, 7) is 0.308. The summed E-state index contributed by atoms with van der Waals surface area (Å²) in [6.07, 6.45) is -1.41. The Morgan fingerprint density at radius 2 is 1.74 bits per heavy atom. The predicted octanol–water partition coefficient (Wildman–Crippen LogP) is 1.50. The topological polar surface area (TPSA) is 72.2 Å². The highest BCUT2D eigenvalue weighted by molar-refractivity contribution is 7.89. The van der Waals surface area contributed by atoms with Crippen molar-refractivity contribution in [3.05, 3.63) is 42.0 Å². The van der Waals surface area contributed by atoms with E-state index < -0.39 is 21.8 Å². The fraction of sp³-hybridized carbons (Fsp3) is 0.273. The minimum absolute atomic E-state index is 0.0283. The number of alkyl halides is 3. The van der Waals surface area contributed by atoms with E-state index in [9.17, 15) is 21.6 Å². The number of hydrogen-bond donors (Lipinski definition) is 2. The van der Waals surface area contributed by atoms with Gasteiger partial charge in [0.15, 0.2) is 0 Å². The zero-order valence-electron chi connectivity index (χ0n) is 9.81. The maximum atomic E-state index is 12.3. The molecule has 0 unspecified atom stereocenters. The number of sulfonamides is 1. The van der Waals surface area contributed by atoms with Gasteiger partial charge in [0.05, 0.1) is 10.5 Å². The first-order valence-electron chi connectivity index (χ1n) is 5.29. The minimum Gasteiger partial charge on any atom is -0.327 e. The fourth-order valence-electron chi connectivity index (χ4n) is 1.24. The molecule has 1 aromatic rings. The lowest BCUT2D eigenvalue weighted by Gasteiger charge is -2.08. The summed E-state index contributed by atoms with van der Waals surface area (Å²) in [5.74, 6) is 0. The zero-order valence-corrected chi connectivity index (χ0v) is 10.6. The van der Waals surface area contributed by atoms with Gasteiger partial charge in [-0.3, -0.25) is 0 Å². The second-order valence-electron chi connectivity index (χ2n) is 3.58. The molecular formula is C11H13F3N2O2S. The van der Waals surface area contributed by atoms with Crippen molar-refractivity contribution in [1.82, 2.24) is 4.72 Å². The molecule has 0 aliphatic rings. The second-order valence-corrected chi connectivity index (χ2v) is 5.35. The van der Waals surface area contributed by atoms with Gasteiger partial charge < -0.3 is 5.73 Å². The molecule has 0 radical (unpaired) electrons. The van der Waals surface area contributed by atoms with Crippen LogP contribution in [0.25, 0.3) is 0 Å². The number of rotatable bonds is 5. The predicted molar refractivity (Wildman–Crippen MR) is 64.8 cm³/mol. The van der Waals surface area contributed by atoms with Crippen molar-refractivity contribution in [3.8, 4) is 0 Å². The van der Waals surface area contributed by atoms with Crippen LogP contribution in [0.5, 0.6) is 0 Å². The SMILES string of the molecule is NC/C=C/CNS(=O)(=O)c1ccc(C(F)(F)F)cc1. The molecule has 0 heterocycles. The molecule has 0 fully saturated rings. The molecule has 19 heavy (non-hydrogen) atoms. The van der Waals surface area contributed by atoms with Crippen molar-refractivity contribution in [2.45, 2.75) is 11.1 Å². The normalized spacial score (nSPS) is 13.1. The first-order chi connectivity index (χ1) is 8.77. The van der Waals surface area contributed by atoms with Gasteiger partial charge in [0.2, 0.25) is 10.0 Å². The number of nitrogens with two attached hydrogens (primary N) is 1. The van der Waals surface area contributed by atoms with Crippen LogP contribution in [-0.4, -0.2) is 21.5 Å². The second kappa shape index (κ2) is 6.18.